The van der Waals surface area contributed by atoms with Crippen LogP contribution in [-0.2, 0) is 12.8 Å². The highest BCUT2D eigenvalue weighted by Crippen LogP contribution is 2.29. The van der Waals surface area contributed by atoms with E-state index < -0.39 is 0 Å². The summed E-state index contributed by atoms with van der Waals surface area (Å²) in [6, 6.07) is 6.59. The Labute approximate surface area is 127 Å². The lowest BCUT2D eigenvalue weighted by molar-refractivity contribution is 0.133. The Bertz CT molecular complexity index is 461. The van der Waals surface area contributed by atoms with Crippen LogP contribution in [0.15, 0.2) is 18.2 Å². The average molecular weight is 289 g/mol. The zero-order valence-electron chi connectivity index (χ0n) is 12.8. The zero-order valence-corrected chi connectivity index (χ0v) is 12.8. The third-order valence-corrected chi connectivity index (χ3v) is 5.05. The van der Waals surface area contributed by atoms with E-state index in [1.807, 2.05) is 0 Å². The van der Waals surface area contributed by atoms with Crippen molar-refractivity contribution in [2.75, 3.05) is 26.3 Å². The number of benzene rings is 1. The molecule has 0 radical (unpaired) electrons. The maximum Gasteiger partial charge on any atom is 0.122 e. The molecule has 21 heavy (non-hydrogen) atoms. The SMILES string of the molecule is OCC1CCCCC1CNCCc1ccc2c(c1)CCO2. The van der Waals surface area contributed by atoms with Gasteiger partial charge in [-0.1, -0.05) is 25.0 Å². The number of nitrogens with one attached hydrogen (secondary N) is 1. The van der Waals surface area contributed by atoms with Gasteiger partial charge in [0.2, 0.25) is 0 Å². The van der Waals surface area contributed by atoms with Crippen molar-refractivity contribution in [2.24, 2.45) is 11.8 Å². The van der Waals surface area contributed by atoms with Crippen molar-refractivity contribution in [1.29, 1.82) is 0 Å². The summed E-state index contributed by atoms with van der Waals surface area (Å²) < 4.78 is 5.54. The normalized spacial score (nSPS) is 24.6. The molecule has 2 N–H and O–H groups in total. The molecule has 1 aromatic rings. The third kappa shape index (κ3) is 3.78. The Hall–Kier alpha value is -1.06. The Morgan fingerprint density at radius 3 is 2.90 bits per heavy atom. The Balaban J connectivity index is 1.41. The van der Waals surface area contributed by atoms with Crippen LogP contribution >= 0.6 is 0 Å². The van der Waals surface area contributed by atoms with Gasteiger partial charge >= 0.3 is 0 Å². The van der Waals surface area contributed by atoms with Gasteiger partial charge in [0, 0.05) is 13.0 Å². The Morgan fingerprint density at radius 2 is 2.05 bits per heavy atom. The first-order chi connectivity index (χ1) is 10.4. The molecule has 2 aliphatic rings. The smallest absolute Gasteiger partial charge is 0.122 e. The van der Waals surface area contributed by atoms with Crippen molar-refractivity contribution < 1.29 is 9.84 Å². The van der Waals surface area contributed by atoms with Crippen LogP contribution in [-0.4, -0.2) is 31.4 Å². The Morgan fingerprint density at radius 1 is 1.19 bits per heavy atom. The van der Waals surface area contributed by atoms with E-state index in [-0.39, 0.29) is 0 Å². The van der Waals surface area contributed by atoms with Gasteiger partial charge in [-0.25, -0.2) is 0 Å². The van der Waals surface area contributed by atoms with Gasteiger partial charge < -0.3 is 15.2 Å². The summed E-state index contributed by atoms with van der Waals surface area (Å²) in [7, 11) is 0. The third-order valence-electron chi connectivity index (χ3n) is 5.05. The van der Waals surface area contributed by atoms with Crippen LogP contribution in [0.5, 0.6) is 5.75 Å². The minimum Gasteiger partial charge on any atom is -0.493 e. The molecule has 0 bridgehead atoms. The second kappa shape index (κ2) is 7.28. The van der Waals surface area contributed by atoms with Crippen molar-refractivity contribution in [2.45, 2.75) is 38.5 Å². The summed E-state index contributed by atoms with van der Waals surface area (Å²) >= 11 is 0. The van der Waals surface area contributed by atoms with Crippen molar-refractivity contribution in [1.82, 2.24) is 5.32 Å². The highest BCUT2D eigenvalue weighted by molar-refractivity contribution is 5.39. The lowest BCUT2D eigenvalue weighted by Crippen LogP contribution is -2.33. The number of rotatable bonds is 6. The quantitative estimate of drug-likeness (QED) is 0.791. The van der Waals surface area contributed by atoms with Crippen molar-refractivity contribution in [3.8, 4) is 5.75 Å². The molecule has 2 atom stereocenters. The zero-order chi connectivity index (χ0) is 14.5. The van der Waals surface area contributed by atoms with Gasteiger partial charge in [0.1, 0.15) is 5.75 Å². The maximum atomic E-state index is 9.45. The number of ether oxygens (including phenoxy) is 1. The Kier molecular flexibility index (Phi) is 5.15. The molecule has 0 saturated heterocycles. The van der Waals surface area contributed by atoms with E-state index in [0.717, 1.165) is 38.3 Å². The average Bonchev–Trinajstić information content (AvgIpc) is 2.99. The minimum atomic E-state index is 0.358. The largest absolute Gasteiger partial charge is 0.493 e. The number of aliphatic hydroxyl groups excluding tert-OH is 1. The molecule has 1 saturated carbocycles. The van der Waals surface area contributed by atoms with Crippen LogP contribution in [0.4, 0.5) is 0 Å². The van der Waals surface area contributed by atoms with Gasteiger partial charge in [-0.15, -0.1) is 0 Å². The summed E-state index contributed by atoms with van der Waals surface area (Å²) in [5.74, 6) is 2.25. The van der Waals surface area contributed by atoms with Gasteiger partial charge in [0.25, 0.3) is 0 Å². The highest BCUT2D eigenvalue weighted by atomic mass is 16.5. The molecule has 0 aromatic heterocycles. The van der Waals surface area contributed by atoms with Gasteiger partial charge in [-0.05, 0) is 61.4 Å². The van der Waals surface area contributed by atoms with Crippen molar-refractivity contribution in [3.05, 3.63) is 29.3 Å². The fourth-order valence-electron chi connectivity index (χ4n) is 3.71. The lowest BCUT2D eigenvalue weighted by atomic mass is 9.79. The second-order valence-electron chi connectivity index (χ2n) is 6.48. The molecule has 1 aliphatic heterocycles. The molecule has 3 rings (SSSR count). The molecule has 1 aliphatic carbocycles. The minimum absolute atomic E-state index is 0.358. The van der Waals surface area contributed by atoms with E-state index in [1.54, 1.807) is 0 Å². The van der Waals surface area contributed by atoms with Crippen LogP contribution in [0.1, 0.15) is 36.8 Å². The maximum absolute atomic E-state index is 9.45. The molecule has 2 unspecified atom stereocenters. The van der Waals surface area contributed by atoms with Crippen molar-refractivity contribution >= 4 is 0 Å². The lowest BCUT2D eigenvalue weighted by Gasteiger charge is -2.30. The molecular weight excluding hydrogens is 262 g/mol. The fraction of sp³-hybridized carbons (Fsp3) is 0.667. The molecule has 1 heterocycles. The number of aliphatic hydroxyl groups is 1. The summed E-state index contributed by atoms with van der Waals surface area (Å²) in [6.07, 6.45) is 7.22. The van der Waals surface area contributed by atoms with E-state index in [0.29, 0.717) is 18.4 Å². The summed E-state index contributed by atoms with van der Waals surface area (Å²) in [6.45, 7) is 3.27. The van der Waals surface area contributed by atoms with Crippen LogP contribution in [0.2, 0.25) is 0 Å². The molecule has 0 amide bonds. The second-order valence-corrected chi connectivity index (χ2v) is 6.48. The molecule has 3 heteroatoms. The first kappa shape index (κ1) is 14.9. The fourth-order valence-corrected chi connectivity index (χ4v) is 3.71. The standard InChI is InChI=1S/C18H27NO2/c20-13-17-4-2-1-3-16(17)12-19-9-7-14-5-6-18-15(11-14)8-10-21-18/h5-6,11,16-17,19-20H,1-4,7-10,12-13H2. The molecule has 1 aromatic carbocycles. The monoisotopic (exact) mass is 289 g/mol. The first-order valence-electron chi connectivity index (χ1n) is 8.43. The number of hydrogen-bond donors (Lipinski definition) is 2. The van der Waals surface area contributed by atoms with E-state index in [4.69, 9.17) is 4.74 Å². The van der Waals surface area contributed by atoms with E-state index in [1.165, 1.54) is 36.8 Å². The van der Waals surface area contributed by atoms with Crippen LogP contribution in [0, 0.1) is 11.8 Å². The molecule has 3 nitrogen and oxygen atoms in total. The predicted molar refractivity (Wildman–Crippen MR) is 84.7 cm³/mol. The van der Waals surface area contributed by atoms with Gasteiger partial charge in [-0.2, -0.15) is 0 Å². The summed E-state index contributed by atoms with van der Waals surface area (Å²) in [5, 5.41) is 13.0. The van der Waals surface area contributed by atoms with Crippen LogP contribution in [0.3, 0.4) is 0 Å². The van der Waals surface area contributed by atoms with Crippen molar-refractivity contribution in [3.63, 3.8) is 0 Å². The van der Waals surface area contributed by atoms with Gasteiger partial charge in [0.15, 0.2) is 0 Å². The molecule has 116 valence electrons. The van der Waals surface area contributed by atoms with Gasteiger partial charge in [-0.3, -0.25) is 0 Å². The molecular formula is C18H27NO2. The molecule has 1 fully saturated rings. The summed E-state index contributed by atoms with van der Waals surface area (Å²) in [4.78, 5) is 0. The molecule has 0 spiro atoms. The van der Waals surface area contributed by atoms with E-state index in [2.05, 4.69) is 23.5 Å². The summed E-state index contributed by atoms with van der Waals surface area (Å²) in [5.41, 5.74) is 2.76. The number of hydrogen-bond acceptors (Lipinski definition) is 3. The first-order valence-corrected chi connectivity index (χ1v) is 8.43. The topological polar surface area (TPSA) is 41.5 Å². The highest BCUT2D eigenvalue weighted by Gasteiger charge is 2.23. The van der Waals surface area contributed by atoms with E-state index >= 15 is 0 Å². The van der Waals surface area contributed by atoms with Gasteiger partial charge in [0.05, 0.1) is 6.61 Å². The van der Waals surface area contributed by atoms with E-state index in [9.17, 15) is 5.11 Å². The number of fused-ring (bicyclic) bond motifs is 1. The van der Waals surface area contributed by atoms with Crippen LogP contribution in [0.25, 0.3) is 0 Å². The van der Waals surface area contributed by atoms with Crippen LogP contribution < -0.4 is 10.1 Å². The predicted octanol–water partition coefficient (Wildman–Crippen LogP) is 2.55.